The van der Waals surface area contributed by atoms with Gasteiger partial charge < -0.3 is 23.6 Å². The fourth-order valence-corrected chi connectivity index (χ4v) is 3.41. The van der Waals surface area contributed by atoms with Crippen LogP contribution < -0.4 is 10.4 Å². The third kappa shape index (κ3) is 4.14. The van der Waals surface area contributed by atoms with Crippen LogP contribution in [0.25, 0.3) is 11.0 Å². The van der Waals surface area contributed by atoms with Crippen molar-refractivity contribution >= 4 is 28.7 Å². The number of para-hydroxylation sites is 1. The van der Waals surface area contributed by atoms with Crippen LogP contribution in [0.4, 0.5) is 0 Å². The van der Waals surface area contributed by atoms with Crippen molar-refractivity contribution in [2.75, 3.05) is 13.7 Å². The van der Waals surface area contributed by atoms with Gasteiger partial charge >= 0.3 is 17.6 Å². The van der Waals surface area contributed by atoms with Gasteiger partial charge in [0.15, 0.2) is 17.4 Å². The van der Waals surface area contributed by atoms with E-state index in [4.69, 9.17) is 18.6 Å². The van der Waals surface area contributed by atoms with Crippen molar-refractivity contribution in [3.05, 3.63) is 62.8 Å². The molecule has 1 N–H and O–H groups in total. The third-order valence-electron chi connectivity index (χ3n) is 4.97. The first-order valence-corrected chi connectivity index (χ1v) is 9.91. The molecule has 0 aliphatic heterocycles. The van der Waals surface area contributed by atoms with E-state index in [9.17, 15) is 19.2 Å². The summed E-state index contributed by atoms with van der Waals surface area (Å²) >= 11 is 0. The molecule has 9 heteroatoms. The molecular formula is C23H23NO8. The maximum atomic E-state index is 12.8. The summed E-state index contributed by atoms with van der Waals surface area (Å²) in [6.07, 6.45) is -1.23. The van der Waals surface area contributed by atoms with Crippen LogP contribution >= 0.6 is 0 Å². The SMILES string of the molecule is CCOc1cccc2cc(C(=O)O[C@@H](C)C(=O)c3[nH]c(C)c(C(=O)OC)c3C)c(=O)oc12. The number of aryl methyl sites for hydroxylation is 1. The lowest BCUT2D eigenvalue weighted by atomic mass is 10.1. The van der Waals surface area contributed by atoms with E-state index in [1.165, 1.54) is 20.1 Å². The van der Waals surface area contributed by atoms with Crippen molar-refractivity contribution in [3.63, 3.8) is 0 Å². The van der Waals surface area contributed by atoms with Crippen molar-refractivity contribution in [2.24, 2.45) is 0 Å². The fourth-order valence-electron chi connectivity index (χ4n) is 3.41. The molecule has 0 aliphatic rings. The Labute approximate surface area is 183 Å². The van der Waals surface area contributed by atoms with Crippen LogP contribution in [0.15, 0.2) is 33.5 Å². The highest BCUT2D eigenvalue weighted by Crippen LogP contribution is 2.25. The number of fused-ring (bicyclic) bond motifs is 1. The van der Waals surface area contributed by atoms with E-state index in [0.29, 0.717) is 29.0 Å². The molecule has 0 spiro atoms. The van der Waals surface area contributed by atoms with Gasteiger partial charge in [-0.15, -0.1) is 0 Å². The number of ketones is 1. The Hall–Kier alpha value is -3.88. The Bertz CT molecular complexity index is 1270. The van der Waals surface area contributed by atoms with Crippen molar-refractivity contribution in [2.45, 2.75) is 33.8 Å². The molecule has 1 atom stereocenters. The van der Waals surface area contributed by atoms with Crippen LogP contribution in [0.5, 0.6) is 5.75 Å². The molecule has 32 heavy (non-hydrogen) atoms. The number of carbonyl (C=O) groups excluding carboxylic acids is 3. The highest BCUT2D eigenvalue weighted by atomic mass is 16.5. The molecule has 0 fully saturated rings. The predicted octanol–water partition coefficient (Wildman–Crippen LogP) is 3.35. The lowest BCUT2D eigenvalue weighted by molar-refractivity contribution is 0.0313. The highest BCUT2D eigenvalue weighted by Gasteiger charge is 2.28. The molecule has 2 heterocycles. The molecule has 168 valence electrons. The van der Waals surface area contributed by atoms with Gasteiger partial charge in [0.25, 0.3) is 0 Å². The van der Waals surface area contributed by atoms with Crippen LogP contribution in [0.2, 0.25) is 0 Å². The summed E-state index contributed by atoms with van der Waals surface area (Å²) in [4.78, 5) is 52.6. The summed E-state index contributed by atoms with van der Waals surface area (Å²) in [5, 5.41) is 0.472. The number of carbonyl (C=O) groups is 3. The van der Waals surface area contributed by atoms with Gasteiger partial charge in [0.05, 0.1) is 25.0 Å². The summed E-state index contributed by atoms with van der Waals surface area (Å²) in [5.74, 6) is -1.76. The molecule has 0 amide bonds. The van der Waals surface area contributed by atoms with Gasteiger partial charge in [-0.1, -0.05) is 12.1 Å². The van der Waals surface area contributed by atoms with E-state index in [1.54, 1.807) is 39.0 Å². The number of aromatic amines is 1. The maximum Gasteiger partial charge on any atom is 0.351 e. The zero-order valence-electron chi connectivity index (χ0n) is 18.4. The van der Waals surface area contributed by atoms with Gasteiger partial charge in [-0.25, -0.2) is 14.4 Å². The molecule has 1 aromatic carbocycles. The lowest BCUT2D eigenvalue weighted by Crippen LogP contribution is -2.27. The van der Waals surface area contributed by atoms with E-state index in [0.717, 1.165) is 0 Å². The molecule has 2 aromatic heterocycles. The minimum Gasteiger partial charge on any atom is -0.490 e. The number of H-pyrrole nitrogens is 1. The Morgan fingerprint density at radius 3 is 2.53 bits per heavy atom. The summed E-state index contributed by atoms with van der Waals surface area (Å²) in [5.41, 5.74) is 0.166. The Balaban J connectivity index is 1.87. The van der Waals surface area contributed by atoms with Crippen LogP contribution in [0.1, 0.15) is 56.3 Å². The van der Waals surface area contributed by atoms with Gasteiger partial charge in [0, 0.05) is 11.1 Å². The highest BCUT2D eigenvalue weighted by molar-refractivity contribution is 6.04. The largest absolute Gasteiger partial charge is 0.490 e. The van der Waals surface area contributed by atoms with Gasteiger partial charge in [-0.3, -0.25) is 4.79 Å². The number of esters is 2. The predicted molar refractivity (Wildman–Crippen MR) is 114 cm³/mol. The molecule has 3 rings (SSSR count). The van der Waals surface area contributed by atoms with Gasteiger partial charge in [0.1, 0.15) is 5.56 Å². The molecule has 3 aromatic rings. The van der Waals surface area contributed by atoms with Crippen molar-refractivity contribution in [3.8, 4) is 5.75 Å². The number of rotatable bonds is 7. The number of benzene rings is 1. The van der Waals surface area contributed by atoms with Crippen molar-refractivity contribution in [1.29, 1.82) is 0 Å². The van der Waals surface area contributed by atoms with Crippen LogP contribution in [0.3, 0.4) is 0 Å². The zero-order valence-corrected chi connectivity index (χ0v) is 18.4. The fraction of sp³-hybridized carbons (Fsp3) is 0.304. The summed E-state index contributed by atoms with van der Waals surface area (Å²) in [7, 11) is 1.24. The number of Topliss-reactive ketones (excluding diaryl/α,β-unsaturated/α-hetero) is 1. The normalized spacial score (nSPS) is 11.8. The van der Waals surface area contributed by atoms with E-state index in [2.05, 4.69) is 4.98 Å². The molecule has 0 unspecified atom stereocenters. The van der Waals surface area contributed by atoms with Crippen LogP contribution in [-0.4, -0.2) is 42.5 Å². The molecule has 0 aliphatic carbocycles. The summed E-state index contributed by atoms with van der Waals surface area (Å²) in [6, 6.07) is 6.34. The number of nitrogens with one attached hydrogen (secondary N) is 1. The first kappa shape index (κ1) is 22.8. The summed E-state index contributed by atoms with van der Waals surface area (Å²) < 4.78 is 20.7. The van der Waals surface area contributed by atoms with Crippen LogP contribution in [-0.2, 0) is 9.47 Å². The number of hydrogen-bond acceptors (Lipinski definition) is 8. The molecule has 0 saturated carbocycles. The summed E-state index contributed by atoms with van der Waals surface area (Å²) in [6.45, 7) is 6.77. The minimum absolute atomic E-state index is 0.120. The number of hydrogen-bond donors (Lipinski definition) is 1. The van der Waals surface area contributed by atoms with E-state index in [1.807, 2.05) is 0 Å². The number of methoxy groups -OCH3 is 1. The lowest BCUT2D eigenvalue weighted by Gasteiger charge is -2.12. The molecule has 0 bridgehead atoms. The number of aromatic nitrogens is 1. The second-order valence-electron chi connectivity index (χ2n) is 7.08. The first-order chi connectivity index (χ1) is 15.2. The molecule has 0 saturated heterocycles. The average Bonchev–Trinajstić information content (AvgIpc) is 3.06. The number of ether oxygens (including phenoxy) is 3. The van der Waals surface area contributed by atoms with Crippen molar-refractivity contribution in [1.82, 2.24) is 4.98 Å². The zero-order chi connectivity index (χ0) is 23.6. The van der Waals surface area contributed by atoms with E-state index in [-0.39, 0.29) is 22.4 Å². The smallest absolute Gasteiger partial charge is 0.351 e. The third-order valence-corrected chi connectivity index (χ3v) is 4.97. The van der Waals surface area contributed by atoms with E-state index >= 15 is 0 Å². The maximum absolute atomic E-state index is 12.8. The second kappa shape index (κ2) is 9.09. The monoisotopic (exact) mass is 441 g/mol. The Kier molecular flexibility index (Phi) is 6.47. The second-order valence-corrected chi connectivity index (χ2v) is 7.08. The average molecular weight is 441 g/mol. The van der Waals surface area contributed by atoms with Crippen molar-refractivity contribution < 1.29 is 33.0 Å². The quantitative estimate of drug-likeness (QED) is 0.336. The standard InChI is InChI=1S/C23H23NO8/c1-6-30-16-9-7-8-14-10-15(22(27)32-20(14)16)21(26)31-13(4)19(25)18-11(2)17(12(3)24-18)23(28)29-5/h7-10,13,24H,6H2,1-5H3/t13-/m0/s1. The Morgan fingerprint density at radius 2 is 1.88 bits per heavy atom. The van der Waals surface area contributed by atoms with Gasteiger partial charge in [-0.05, 0) is 45.4 Å². The Morgan fingerprint density at radius 1 is 1.16 bits per heavy atom. The van der Waals surface area contributed by atoms with Gasteiger partial charge in [0.2, 0.25) is 5.78 Å². The molecule has 0 radical (unpaired) electrons. The van der Waals surface area contributed by atoms with Crippen LogP contribution in [0, 0.1) is 13.8 Å². The van der Waals surface area contributed by atoms with E-state index < -0.39 is 29.5 Å². The minimum atomic E-state index is -1.23. The topological polar surface area (TPSA) is 125 Å². The molecule has 9 nitrogen and oxygen atoms in total. The first-order valence-electron chi connectivity index (χ1n) is 9.91. The van der Waals surface area contributed by atoms with Gasteiger partial charge in [-0.2, -0.15) is 0 Å². The molecular weight excluding hydrogens is 418 g/mol.